The van der Waals surface area contributed by atoms with Crippen LogP contribution in [0.25, 0.3) is 0 Å². The Hall–Kier alpha value is -3.03. The largest absolute Gasteiger partial charge is 0.573 e. The summed E-state index contributed by atoms with van der Waals surface area (Å²) in [6.07, 6.45) is -4.63. The number of alkyl halides is 3. The first-order valence-electron chi connectivity index (χ1n) is 8.14. The Morgan fingerprint density at radius 1 is 1.04 bits per heavy atom. The normalized spacial score (nSPS) is 12.3. The predicted octanol–water partition coefficient (Wildman–Crippen LogP) is 3.85. The van der Waals surface area contributed by atoms with Crippen LogP contribution >= 0.6 is 0 Å². The summed E-state index contributed by atoms with van der Waals surface area (Å²) in [6.45, 7) is 0. The average molecular weight is 381 g/mol. The lowest BCUT2D eigenvalue weighted by molar-refractivity contribution is -0.274. The van der Waals surface area contributed by atoms with Gasteiger partial charge in [-0.3, -0.25) is 9.59 Å². The number of rotatable bonds is 8. The minimum Gasteiger partial charge on any atom is -0.481 e. The molecule has 0 radical (unpaired) electrons. The molecule has 1 atom stereocenters. The number of ether oxygens (including phenoxy) is 1. The van der Waals surface area contributed by atoms with E-state index in [0.717, 1.165) is 0 Å². The highest BCUT2D eigenvalue weighted by molar-refractivity contribution is 5.78. The molecule has 2 aromatic rings. The molecule has 144 valence electrons. The Kier molecular flexibility index (Phi) is 6.81. The zero-order chi connectivity index (χ0) is 19.9. The van der Waals surface area contributed by atoms with E-state index < -0.39 is 18.4 Å². The zero-order valence-electron chi connectivity index (χ0n) is 14.2. The van der Waals surface area contributed by atoms with Crippen molar-refractivity contribution in [1.82, 2.24) is 5.32 Å². The molecule has 2 aromatic carbocycles. The lowest BCUT2D eigenvalue weighted by Crippen LogP contribution is -2.30. The first-order chi connectivity index (χ1) is 12.7. The van der Waals surface area contributed by atoms with Crippen molar-refractivity contribution >= 4 is 11.9 Å². The maximum atomic E-state index is 12.2. The second-order valence-corrected chi connectivity index (χ2v) is 5.82. The lowest BCUT2D eigenvalue weighted by atomic mass is 10.0. The highest BCUT2D eigenvalue weighted by Gasteiger charge is 2.30. The fourth-order valence-electron chi connectivity index (χ4n) is 2.49. The summed E-state index contributed by atoms with van der Waals surface area (Å²) in [6, 6.07) is 13.3. The Bertz CT molecular complexity index is 761. The van der Waals surface area contributed by atoms with Crippen LogP contribution in [0, 0.1) is 0 Å². The van der Waals surface area contributed by atoms with E-state index >= 15 is 0 Å². The molecule has 0 aromatic heterocycles. The van der Waals surface area contributed by atoms with Crippen LogP contribution in [0.1, 0.15) is 30.0 Å². The van der Waals surface area contributed by atoms with E-state index in [2.05, 4.69) is 10.1 Å². The molecule has 0 heterocycles. The minimum atomic E-state index is -4.75. The molecule has 0 saturated heterocycles. The number of hydrogen-bond acceptors (Lipinski definition) is 3. The maximum Gasteiger partial charge on any atom is 0.573 e. The molecule has 5 nitrogen and oxygen atoms in total. The smallest absolute Gasteiger partial charge is 0.481 e. The van der Waals surface area contributed by atoms with E-state index in [9.17, 15) is 22.8 Å². The zero-order valence-corrected chi connectivity index (χ0v) is 14.2. The maximum absolute atomic E-state index is 12.2. The fraction of sp³-hybridized carbons (Fsp3) is 0.263. The number of benzene rings is 2. The number of carboxylic acid groups (broad SMARTS) is 1. The Balaban J connectivity index is 1.91. The summed E-state index contributed by atoms with van der Waals surface area (Å²) in [5.74, 6) is -1.72. The van der Waals surface area contributed by atoms with Crippen molar-refractivity contribution in [2.24, 2.45) is 0 Å². The molecule has 2 rings (SSSR count). The van der Waals surface area contributed by atoms with Gasteiger partial charge in [-0.1, -0.05) is 42.5 Å². The average Bonchev–Trinajstić information content (AvgIpc) is 2.60. The molecule has 0 saturated carbocycles. The topological polar surface area (TPSA) is 75.6 Å². The van der Waals surface area contributed by atoms with Crippen LogP contribution in [-0.2, 0) is 16.0 Å². The highest BCUT2D eigenvalue weighted by Crippen LogP contribution is 2.23. The molecule has 1 amide bonds. The number of halogens is 3. The lowest BCUT2D eigenvalue weighted by Gasteiger charge is -2.17. The van der Waals surface area contributed by atoms with Gasteiger partial charge in [0.1, 0.15) is 5.75 Å². The summed E-state index contributed by atoms with van der Waals surface area (Å²) >= 11 is 0. The molecule has 0 fully saturated rings. The van der Waals surface area contributed by atoms with Crippen LogP contribution in [0.5, 0.6) is 5.75 Å². The van der Waals surface area contributed by atoms with Crippen molar-refractivity contribution in [1.29, 1.82) is 0 Å². The summed E-state index contributed by atoms with van der Waals surface area (Å²) in [5.41, 5.74) is 1.34. The predicted molar refractivity (Wildman–Crippen MR) is 91.0 cm³/mol. The minimum absolute atomic E-state index is 0.0719. The summed E-state index contributed by atoms with van der Waals surface area (Å²) in [7, 11) is 0. The number of amides is 1. The molecule has 0 bridgehead atoms. The number of nitrogens with one attached hydrogen (secondary N) is 1. The summed E-state index contributed by atoms with van der Waals surface area (Å²) < 4.78 is 40.2. The third-order valence-corrected chi connectivity index (χ3v) is 3.71. The quantitative estimate of drug-likeness (QED) is 0.728. The molecule has 2 N–H and O–H groups in total. The van der Waals surface area contributed by atoms with Gasteiger partial charge in [0.15, 0.2) is 0 Å². The molecule has 0 spiro atoms. The molecular weight excluding hydrogens is 363 g/mol. The third kappa shape index (κ3) is 7.39. The van der Waals surface area contributed by atoms with Gasteiger partial charge in [-0.2, -0.15) is 0 Å². The van der Waals surface area contributed by atoms with Crippen molar-refractivity contribution < 1.29 is 32.6 Å². The van der Waals surface area contributed by atoms with E-state index in [1.54, 1.807) is 30.3 Å². The molecule has 0 aliphatic rings. The molecule has 1 unspecified atom stereocenters. The van der Waals surface area contributed by atoms with E-state index in [-0.39, 0.29) is 24.5 Å². The van der Waals surface area contributed by atoms with Crippen molar-refractivity contribution in [3.8, 4) is 5.75 Å². The van der Waals surface area contributed by atoms with Gasteiger partial charge in [-0.15, -0.1) is 13.2 Å². The standard InChI is InChI=1S/C19H18F3NO4/c20-19(21,22)27-15-9-6-13(7-10-15)8-11-17(24)23-16(12-18(25)26)14-4-2-1-3-5-14/h1-7,9-10,16H,8,11-12H2,(H,23,24)(H,25,26). The number of aliphatic carboxylic acids is 1. The van der Waals surface area contributed by atoms with Gasteiger partial charge in [-0.25, -0.2) is 0 Å². The van der Waals surface area contributed by atoms with Crippen molar-refractivity contribution in [3.63, 3.8) is 0 Å². The molecule has 0 aliphatic heterocycles. The molecule has 8 heteroatoms. The van der Waals surface area contributed by atoms with E-state index in [0.29, 0.717) is 17.5 Å². The first-order valence-corrected chi connectivity index (χ1v) is 8.14. The SMILES string of the molecule is O=C(O)CC(NC(=O)CCc1ccc(OC(F)(F)F)cc1)c1ccccc1. The van der Waals surface area contributed by atoms with Crippen molar-refractivity contribution in [3.05, 3.63) is 65.7 Å². The second kappa shape index (κ2) is 9.07. The Labute approximate surface area is 153 Å². The first kappa shape index (κ1) is 20.3. The number of hydrogen-bond donors (Lipinski definition) is 2. The molecule has 0 aliphatic carbocycles. The fourth-order valence-corrected chi connectivity index (χ4v) is 2.49. The highest BCUT2D eigenvalue weighted by atomic mass is 19.4. The van der Waals surface area contributed by atoms with Gasteiger partial charge < -0.3 is 15.2 Å². The molecular formula is C19H18F3NO4. The van der Waals surface area contributed by atoms with Crippen LogP contribution in [0.4, 0.5) is 13.2 Å². The summed E-state index contributed by atoms with van der Waals surface area (Å²) in [5, 5.41) is 11.7. The van der Waals surface area contributed by atoms with Gasteiger partial charge in [0, 0.05) is 6.42 Å². The van der Waals surface area contributed by atoms with Crippen LogP contribution in [0.2, 0.25) is 0 Å². The van der Waals surface area contributed by atoms with Gasteiger partial charge in [0.2, 0.25) is 5.91 Å². The van der Waals surface area contributed by atoms with E-state index in [4.69, 9.17) is 5.11 Å². The number of carbonyl (C=O) groups is 2. The van der Waals surface area contributed by atoms with Crippen LogP contribution in [0.3, 0.4) is 0 Å². The second-order valence-electron chi connectivity index (χ2n) is 5.82. The van der Waals surface area contributed by atoms with Crippen molar-refractivity contribution in [2.75, 3.05) is 0 Å². The van der Waals surface area contributed by atoms with E-state index in [1.165, 1.54) is 24.3 Å². The Morgan fingerprint density at radius 3 is 2.22 bits per heavy atom. The van der Waals surface area contributed by atoms with Crippen LogP contribution in [-0.4, -0.2) is 23.3 Å². The monoisotopic (exact) mass is 381 g/mol. The number of carboxylic acids is 1. The molecule has 27 heavy (non-hydrogen) atoms. The van der Waals surface area contributed by atoms with Crippen LogP contribution in [0.15, 0.2) is 54.6 Å². The van der Waals surface area contributed by atoms with Gasteiger partial charge in [0.05, 0.1) is 12.5 Å². The van der Waals surface area contributed by atoms with Gasteiger partial charge >= 0.3 is 12.3 Å². The van der Waals surface area contributed by atoms with Crippen LogP contribution < -0.4 is 10.1 Å². The van der Waals surface area contributed by atoms with Gasteiger partial charge in [0.25, 0.3) is 0 Å². The van der Waals surface area contributed by atoms with Gasteiger partial charge in [-0.05, 0) is 29.7 Å². The Morgan fingerprint density at radius 2 is 1.67 bits per heavy atom. The summed E-state index contributed by atoms with van der Waals surface area (Å²) in [4.78, 5) is 23.2. The third-order valence-electron chi connectivity index (χ3n) is 3.71. The number of carbonyl (C=O) groups excluding carboxylic acids is 1. The van der Waals surface area contributed by atoms with Crippen molar-refractivity contribution in [2.45, 2.75) is 31.7 Å². The number of aryl methyl sites for hydroxylation is 1. The van der Waals surface area contributed by atoms with E-state index in [1.807, 2.05) is 0 Å².